The van der Waals surface area contributed by atoms with Gasteiger partial charge in [-0.05, 0) is 43.2 Å². The fourth-order valence-electron chi connectivity index (χ4n) is 3.45. The molecule has 1 heterocycles. The Hall–Kier alpha value is -0.220. The van der Waals surface area contributed by atoms with Gasteiger partial charge in [-0.2, -0.15) is 11.8 Å². The number of thioether (sulfide) groups is 1. The molecule has 2 rings (SSSR count). The average molecular weight is 327 g/mol. The summed E-state index contributed by atoms with van der Waals surface area (Å²) in [5, 5.41) is 0.840. The van der Waals surface area contributed by atoms with Crippen molar-refractivity contribution in [1.82, 2.24) is 4.90 Å². The zero-order chi connectivity index (χ0) is 15.7. The molecule has 0 spiro atoms. The molecule has 0 radical (unpaired) electrons. The highest BCUT2D eigenvalue weighted by Gasteiger charge is 2.44. The summed E-state index contributed by atoms with van der Waals surface area (Å²) in [5.74, 6) is 2.31. The molecule has 0 aromatic heterocycles. The van der Waals surface area contributed by atoms with Crippen LogP contribution in [0.3, 0.4) is 0 Å². The molecular weight excluding hydrogens is 300 g/mol. The Bertz CT molecular complexity index is 491. The van der Waals surface area contributed by atoms with Crippen LogP contribution in [0.1, 0.15) is 38.8 Å². The SMILES string of the molecule is CC(c1ccccc1Cl)N(C)C1(CN)CSCC(C)(C)C1. The fourth-order valence-corrected chi connectivity index (χ4v) is 5.30. The molecule has 2 unspecified atom stereocenters. The average Bonchev–Trinajstić information content (AvgIpc) is 2.45. The van der Waals surface area contributed by atoms with E-state index in [1.165, 1.54) is 11.3 Å². The maximum absolute atomic E-state index is 6.38. The van der Waals surface area contributed by atoms with Gasteiger partial charge in [0.05, 0.1) is 0 Å². The van der Waals surface area contributed by atoms with E-state index >= 15 is 0 Å². The van der Waals surface area contributed by atoms with Crippen LogP contribution < -0.4 is 5.73 Å². The first-order valence-electron chi connectivity index (χ1n) is 7.56. The van der Waals surface area contributed by atoms with Gasteiger partial charge >= 0.3 is 0 Å². The maximum Gasteiger partial charge on any atom is 0.0453 e. The molecule has 21 heavy (non-hydrogen) atoms. The molecule has 0 amide bonds. The van der Waals surface area contributed by atoms with Crippen LogP contribution in [-0.4, -0.2) is 35.5 Å². The van der Waals surface area contributed by atoms with Gasteiger partial charge in [0.15, 0.2) is 0 Å². The lowest BCUT2D eigenvalue weighted by Gasteiger charge is -2.51. The molecule has 2 nitrogen and oxygen atoms in total. The Morgan fingerprint density at radius 2 is 2.00 bits per heavy atom. The zero-order valence-electron chi connectivity index (χ0n) is 13.5. The Morgan fingerprint density at radius 1 is 1.33 bits per heavy atom. The molecule has 1 aromatic rings. The van der Waals surface area contributed by atoms with E-state index in [9.17, 15) is 0 Å². The monoisotopic (exact) mass is 326 g/mol. The third kappa shape index (κ3) is 3.58. The summed E-state index contributed by atoms with van der Waals surface area (Å²) in [6, 6.07) is 8.39. The normalized spacial score (nSPS) is 26.8. The van der Waals surface area contributed by atoms with Crippen molar-refractivity contribution in [2.45, 2.75) is 38.8 Å². The molecule has 2 N–H and O–H groups in total. The number of hydrogen-bond acceptors (Lipinski definition) is 3. The Balaban J connectivity index is 2.28. The predicted octanol–water partition coefficient (Wildman–Crippen LogP) is 4.19. The lowest BCUT2D eigenvalue weighted by Crippen LogP contribution is -2.59. The summed E-state index contributed by atoms with van der Waals surface area (Å²) in [6.07, 6.45) is 1.13. The van der Waals surface area contributed by atoms with Crippen molar-refractivity contribution < 1.29 is 0 Å². The van der Waals surface area contributed by atoms with E-state index in [-0.39, 0.29) is 11.6 Å². The molecule has 2 atom stereocenters. The van der Waals surface area contributed by atoms with Crippen LogP contribution in [-0.2, 0) is 0 Å². The van der Waals surface area contributed by atoms with Crippen molar-refractivity contribution in [3.05, 3.63) is 34.9 Å². The second-order valence-electron chi connectivity index (χ2n) is 7.07. The molecule has 0 saturated carbocycles. The lowest BCUT2D eigenvalue weighted by molar-refractivity contribution is 0.0607. The fraction of sp³-hybridized carbons (Fsp3) is 0.647. The topological polar surface area (TPSA) is 29.3 Å². The van der Waals surface area contributed by atoms with E-state index in [0.717, 1.165) is 17.2 Å². The van der Waals surface area contributed by atoms with Gasteiger partial charge in [0.2, 0.25) is 0 Å². The van der Waals surface area contributed by atoms with Crippen LogP contribution in [0.25, 0.3) is 0 Å². The summed E-state index contributed by atoms with van der Waals surface area (Å²) < 4.78 is 0. The van der Waals surface area contributed by atoms with Gasteiger partial charge in [-0.1, -0.05) is 43.6 Å². The summed E-state index contributed by atoms with van der Waals surface area (Å²) in [7, 11) is 2.20. The zero-order valence-corrected chi connectivity index (χ0v) is 15.1. The van der Waals surface area contributed by atoms with Crippen molar-refractivity contribution in [1.29, 1.82) is 0 Å². The first-order valence-corrected chi connectivity index (χ1v) is 9.10. The minimum atomic E-state index is 0.0466. The van der Waals surface area contributed by atoms with E-state index in [1.807, 2.05) is 23.9 Å². The Kier molecular flexibility index (Phi) is 5.30. The standard InChI is InChI=1S/C17H27ClN2S/c1-13(14-7-5-6-8-15(14)18)20(4)17(10-19)9-16(2,3)11-21-12-17/h5-8,13H,9-12,19H2,1-4H3. The molecule has 118 valence electrons. The molecule has 1 saturated heterocycles. The maximum atomic E-state index is 6.38. The van der Waals surface area contributed by atoms with Crippen molar-refractivity contribution in [2.75, 3.05) is 25.1 Å². The minimum absolute atomic E-state index is 0.0466. The third-order valence-electron chi connectivity index (χ3n) is 4.74. The van der Waals surface area contributed by atoms with Gasteiger partial charge in [0.1, 0.15) is 0 Å². The van der Waals surface area contributed by atoms with Gasteiger partial charge in [0, 0.05) is 28.9 Å². The second kappa shape index (κ2) is 6.49. The highest BCUT2D eigenvalue weighted by molar-refractivity contribution is 7.99. The van der Waals surface area contributed by atoms with Crippen LogP contribution in [0.4, 0.5) is 0 Å². The summed E-state index contributed by atoms with van der Waals surface area (Å²) >= 11 is 8.41. The number of likely N-dealkylation sites (N-methyl/N-ethyl adjacent to an activating group) is 1. The van der Waals surface area contributed by atoms with Crippen molar-refractivity contribution in [3.8, 4) is 0 Å². The highest BCUT2D eigenvalue weighted by atomic mass is 35.5. The third-order valence-corrected chi connectivity index (χ3v) is 6.81. The Morgan fingerprint density at radius 3 is 2.57 bits per heavy atom. The van der Waals surface area contributed by atoms with E-state index in [4.69, 9.17) is 17.3 Å². The van der Waals surface area contributed by atoms with E-state index in [1.54, 1.807) is 0 Å². The first-order chi connectivity index (χ1) is 9.81. The lowest BCUT2D eigenvalue weighted by atomic mass is 9.78. The van der Waals surface area contributed by atoms with Crippen LogP contribution in [0.5, 0.6) is 0 Å². The molecule has 4 heteroatoms. The van der Waals surface area contributed by atoms with Gasteiger partial charge < -0.3 is 5.73 Å². The summed E-state index contributed by atoms with van der Waals surface area (Å²) in [4.78, 5) is 2.45. The van der Waals surface area contributed by atoms with Crippen LogP contribution >= 0.6 is 23.4 Å². The van der Waals surface area contributed by atoms with E-state index < -0.39 is 0 Å². The van der Waals surface area contributed by atoms with Crippen LogP contribution in [0.2, 0.25) is 5.02 Å². The van der Waals surface area contributed by atoms with Crippen LogP contribution in [0.15, 0.2) is 24.3 Å². The number of nitrogens with two attached hydrogens (primary N) is 1. The molecule has 0 bridgehead atoms. The van der Waals surface area contributed by atoms with Gasteiger partial charge in [0.25, 0.3) is 0 Å². The number of benzene rings is 1. The molecule has 1 fully saturated rings. The molecular formula is C17H27ClN2S. The molecule has 1 aromatic carbocycles. The van der Waals surface area contributed by atoms with Gasteiger partial charge in [-0.25, -0.2) is 0 Å². The number of rotatable bonds is 4. The number of hydrogen-bond donors (Lipinski definition) is 1. The highest BCUT2D eigenvalue weighted by Crippen LogP contribution is 2.44. The molecule has 0 aliphatic carbocycles. The van der Waals surface area contributed by atoms with Crippen LogP contribution in [0, 0.1) is 5.41 Å². The second-order valence-corrected chi connectivity index (χ2v) is 8.46. The van der Waals surface area contributed by atoms with Crippen molar-refractivity contribution in [3.63, 3.8) is 0 Å². The number of nitrogens with zero attached hydrogens (tertiary/aromatic N) is 1. The number of halogens is 1. The largest absolute Gasteiger partial charge is 0.329 e. The minimum Gasteiger partial charge on any atom is -0.329 e. The predicted molar refractivity (Wildman–Crippen MR) is 95.1 cm³/mol. The van der Waals surface area contributed by atoms with Crippen molar-refractivity contribution in [2.24, 2.45) is 11.1 Å². The van der Waals surface area contributed by atoms with Gasteiger partial charge in [-0.15, -0.1) is 0 Å². The first kappa shape index (κ1) is 17.1. The van der Waals surface area contributed by atoms with Gasteiger partial charge in [-0.3, -0.25) is 4.90 Å². The molecule has 1 aliphatic rings. The van der Waals surface area contributed by atoms with E-state index in [0.29, 0.717) is 12.0 Å². The van der Waals surface area contributed by atoms with E-state index in [2.05, 4.69) is 44.9 Å². The van der Waals surface area contributed by atoms with Crippen molar-refractivity contribution >= 4 is 23.4 Å². The molecule has 1 aliphatic heterocycles. The summed E-state index contributed by atoms with van der Waals surface area (Å²) in [5.41, 5.74) is 7.79. The Labute approximate surface area is 138 Å². The smallest absolute Gasteiger partial charge is 0.0453 e. The summed E-state index contributed by atoms with van der Waals surface area (Å²) in [6.45, 7) is 7.61. The quantitative estimate of drug-likeness (QED) is 0.899.